The Morgan fingerprint density at radius 1 is 1.18 bits per heavy atom. The lowest BCUT2D eigenvalue weighted by Crippen LogP contribution is -2.43. The van der Waals surface area contributed by atoms with E-state index in [-0.39, 0.29) is 5.41 Å². The fraction of sp³-hybridized carbons (Fsp3) is 0.417. The number of likely N-dealkylation sites (tertiary alicyclic amines) is 1. The van der Waals surface area contributed by atoms with Crippen LogP contribution >= 0.6 is 23.4 Å². The first-order valence-electron chi connectivity index (χ1n) is 10.1. The van der Waals surface area contributed by atoms with Gasteiger partial charge in [0, 0.05) is 26.7 Å². The molecule has 1 saturated heterocycles. The van der Waals surface area contributed by atoms with E-state index >= 15 is 0 Å². The normalized spacial score (nSPS) is 18.3. The standard InChI is InChI=1S/C24H29ClN2S/c1-17-15-19(6-9-23(17)28-3)5-4-12-27-13-10-24(11-14-27)18(2)26-22-8-7-20(25)16-21(22)24/h6-9,15-16,26H,2,4-5,10-14H2,1,3H3. The van der Waals surface area contributed by atoms with Crippen molar-refractivity contribution in [2.45, 2.75) is 42.9 Å². The number of anilines is 1. The molecule has 2 aliphatic rings. The lowest BCUT2D eigenvalue weighted by atomic mass is 9.72. The zero-order valence-electron chi connectivity index (χ0n) is 16.9. The van der Waals surface area contributed by atoms with Gasteiger partial charge in [-0.3, -0.25) is 0 Å². The van der Waals surface area contributed by atoms with Gasteiger partial charge in [0.1, 0.15) is 0 Å². The summed E-state index contributed by atoms with van der Waals surface area (Å²) in [6, 6.07) is 13.1. The van der Waals surface area contributed by atoms with Gasteiger partial charge in [0.2, 0.25) is 0 Å². The summed E-state index contributed by atoms with van der Waals surface area (Å²) < 4.78 is 0. The van der Waals surface area contributed by atoms with Crippen molar-refractivity contribution in [2.75, 3.05) is 31.2 Å². The molecule has 0 bridgehead atoms. The minimum absolute atomic E-state index is 0.0570. The number of rotatable bonds is 5. The van der Waals surface area contributed by atoms with Gasteiger partial charge in [-0.1, -0.05) is 30.3 Å². The average molecular weight is 413 g/mol. The highest BCUT2D eigenvalue weighted by Crippen LogP contribution is 2.50. The number of piperidine rings is 1. The smallest absolute Gasteiger partial charge is 0.0425 e. The Morgan fingerprint density at radius 3 is 2.68 bits per heavy atom. The second-order valence-electron chi connectivity index (χ2n) is 8.12. The summed E-state index contributed by atoms with van der Waals surface area (Å²) in [5, 5.41) is 4.33. The summed E-state index contributed by atoms with van der Waals surface area (Å²) in [4.78, 5) is 4.00. The SMILES string of the molecule is C=C1Nc2ccc(Cl)cc2C12CCN(CCCc1ccc(SC)c(C)c1)CC2. The van der Waals surface area contributed by atoms with Gasteiger partial charge in [-0.2, -0.15) is 0 Å². The van der Waals surface area contributed by atoms with Crippen LogP contribution in [0.2, 0.25) is 5.02 Å². The van der Waals surface area contributed by atoms with Crippen LogP contribution in [0, 0.1) is 6.92 Å². The van der Waals surface area contributed by atoms with Gasteiger partial charge in [-0.25, -0.2) is 0 Å². The van der Waals surface area contributed by atoms with Crippen molar-refractivity contribution in [3.8, 4) is 0 Å². The van der Waals surface area contributed by atoms with Gasteiger partial charge < -0.3 is 10.2 Å². The molecule has 0 unspecified atom stereocenters. The molecule has 2 aromatic carbocycles. The third-order valence-electron chi connectivity index (χ3n) is 6.47. The Bertz CT molecular complexity index is 884. The molecule has 4 heteroatoms. The van der Waals surface area contributed by atoms with Crippen molar-refractivity contribution in [3.05, 3.63) is 70.4 Å². The van der Waals surface area contributed by atoms with E-state index in [1.807, 2.05) is 17.8 Å². The highest BCUT2D eigenvalue weighted by atomic mass is 35.5. The molecule has 2 nitrogen and oxygen atoms in total. The quantitative estimate of drug-likeness (QED) is 0.582. The molecule has 0 aromatic heterocycles. The maximum atomic E-state index is 6.29. The Hall–Kier alpha value is -1.42. The summed E-state index contributed by atoms with van der Waals surface area (Å²) in [6.07, 6.45) is 6.75. The van der Waals surface area contributed by atoms with E-state index in [1.165, 1.54) is 40.2 Å². The topological polar surface area (TPSA) is 15.3 Å². The van der Waals surface area contributed by atoms with Gasteiger partial charge in [-0.05, 0) is 99.5 Å². The average Bonchev–Trinajstić information content (AvgIpc) is 2.95. The second-order valence-corrected chi connectivity index (χ2v) is 9.41. The first-order valence-corrected chi connectivity index (χ1v) is 11.7. The first-order chi connectivity index (χ1) is 13.5. The largest absolute Gasteiger partial charge is 0.358 e. The Morgan fingerprint density at radius 2 is 1.96 bits per heavy atom. The van der Waals surface area contributed by atoms with E-state index in [4.69, 9.17) is 11.6 Å². The molecular weight excluding hydrogens is 384 g/mol. The van der Waals surface area contributed by atoms with Crippen molar-refractivity contribution in [1.29, 1.82) is 0 Å². The number of fused-ring (bicyclic) bond motifs is 2. The van der Waals surface area contributed by atoms with E-state index in [1.54, 1.807) is 0 Å². The van der Waals surface area contributed by atoms with E-state index in [2.05, 4.69) is 60.3 Å². The summed E-state index contributed by atoms with van der Waals surface area (Å²) in [7, 11) is 0. The monoisotopic (exact) mass is 412 g/mol. The van der Waals surface area contributed by atoms with Gasteiger partial charge in [-0.15, -0.1) is 11.8 Å². The summed E-state index contributed by atoms with van der Waals surface area (Å²) in [6.45, 7) is 9.98. The van der Waals surface area contributed by atoms with Gasteiger partial charge in [0.25, 0.3) is 0 Å². The number of allylic oxidation sites excluding steroid dienone is 1. The molecule has 0 radical (unpaired) electrons. The Labute approximate surface area is 178 Å². The Kier molecular flexibility index (Phi) is 5.78. The van der Waals surface area contributed by atoms with Crippen LogP contribution in [0.25, 0.3) is 0 Å². The molecule has 2 heterocycles. The van der Waals surface area contributed by atoms with Crippen LogP contribution in [-0.2, 0) is 11.8 Å². The van der Waals surface area contributed by atoms with E-state index < -0.39 is 0 Å². The van der Waals surface area contributed by atoms with Crippen molar-refractivity contribution in [3.63, 3.8) is 0 Å². The number of thioether (sulfide) groups is 1. The number of nitrogens with one attached hydrogen (secondary N) is 1. The van der Waals surface area contributed by atoms with Gasteiger partial charge in [0.15, 0.2) is 0 Å². The minimum Gasteiger partial charge on any atom is -0.358 e. The molecular formula is C24H29ClN2S. The molecule has 0 atom stereocenters. The molecule has 1 fully saturated rings. The molecule has 2 aromatic rings. The summed E-state index contributed by atoms with van der Waals surface area (Å²) in [5.41, 5.74) is 6.59. The van der Waals surface area contributed by atoms with Crippen molar-refractivity contribution < 1.29 is 0 Å². The Balaban J connectivity index is 1.33. The number of nitrogens with zero attached hydrogens (tertiary/aromatic N) is 1. The zero-order valence-corrected chi connectivity index (χ0v) is 18.4. The first kappa shape index (κ1) is 19.9. The van der Waals surface area contributed by atoms with Crippen LogP contribution in [0.4, 0.5) is 5.69 Å². The maximum Gasteiger partial charge on any atom is 0.0425 e. The number of hydrogen-bond donors (Lipinski definition) is 1. The lowest BCUT2D eigenvalue weighted by Gasteiger charge is -2.40. The third kappa shape index (κ3) is 3.72. The molecule has 4 rings (SSSR count). The van der Waals surface area contributed by atoms with Crippen LogP contribution in [0.15, 0.2) is 53.6 Å². The van der Waals surface area contributed by atoms with Gasteiger partial charge in [0.05, 0.1) is 0 Å². The molecule has 148 valence electrons. The molecule has 28 heavy (non-hydrogen) atoms. The second kappa shape index (κ2) is 8.14. The minimum atomic E-state index is 0.0570. The number of benzene rings is 2. The number of hydrogen-bond acceptors (Lipinski definition) is 3. The van der Waals surface area contributed by atoms with E-state index in [0.29, 0.717) is 0 Å². The predicted octanol–water partition coefficient (Wildman–Crippen LogP) is 6.28. The van der Waals surface area contributed by atoms with Crippen LogP contribution in [0.1, 0.15) is 36.0 Å². The van der Waals surface area contributed by atoms with E-state index in [9.17, 15) is 0 Å². The number of aryl methyl sites for hydroxylation is 2. The highest BCUT2D eigenvalue weighted by Gasteiger charge is 2.44. The molecule has 0 saturated carbocycles. The van der Waals surface area contributed by atoms with Crippen molar-refractivity contribution >= 4 is 29.1 Å². The summed E-state index contributed by atoms with van der Waals surface area (Å²) >= 11 is 8.12. The fourth-order valence-electron chi connectivity index (χ4n) is 4.80. The van der Waals surface area contributed by atoms with Gasteiger partial charge >= 0.3 is 0 Å². The predicted molar refractivity (Wildman–Crippen MR) is 123 cm³/mol. The molecule has 1 spiro atoms. The van der Waals surface area contributed by atoms with E-state index in [0.717, 1.165) is 43.1 Å². The van der Waals surface area contributed by atoms with Crippen LogP contribution in [0.3, 0.4) is 0 Å². The molecule has 0 aliphatic carbocycles. The van der Waals surface area contributed by atoms with Crippen LogP contribution in [0.5, 0.6) is 0 Å². The van der Waals surface area contributed by atoms with Crippen LogP contribution < -0.4 is 5.32 Å². The molecule has 0 amide bonds. The third-order valence-corrected chi connectivity index (χ3v) is 7.60. The molecule has 2 aliphatic heterocycles. The lowest BCUT2D eigenvalue weighted by molar-refractivity contribution is 0.179. The molecule has 1 N–H and O–H groups in total. The fourth-order valence-corrected chi connectivity index (χ4v) is 5.56. The van der Waals surface area contributed by atoms with Crippen LogP contribution in [-0.4, -0.2) is 30.8 Å². The highest BCUT2D eigenvalue weighted by molar-refractivity contribution is 7.98. The zero-order chi connectivity index (χ0) is 19.7. The number of halogens is 1. The van der Waals surface area contributed by atoms with Crippen molar-refractivity contribution in [2.24, 2.45) is 0 Å². The van der Waals surface area contributed by atoms with Crippen molar-refractivity contribution in [1.82, 2.24) is 4.90 Å². The maximum absolute atomic E-state index is 6.29. The summed E-state index contributed by atoms with van der Waals surface area (Å²) in [5.74, 6) is 0.